The Kier molecular flexibility index (Phi) is 75.8. The third-order valence-corrected chi connectivity index (χ3v) is 21.5. The molecule has 17 nitrogen and oxygen atoms in total. The van der Waals surface area contributed by atoms with Crippen molar-refractivity contribution in [3.05, 3.63) is 0 Å². The molecule has 0 bridgehead atoms. The van der Waals surface area contributed by atoms with Gasteiger partial charge in [0.1, 0.15) is 19.3 Å². The highest BCUT2D eigenvalue weighted by molar-refractivity contribution is 7.47. The van der Waals surface area contributed by atoms with Crippen LogP contribution in [0.25, 0.3) is 0 Å². The van der Waals surface area contributed by atoms with Gasteiger partial charge in [0, 0.05) is 25.7 Å². The molecule has 0 aliphatic heterocycles. The fourth-order valence-corrected chi connectivity index (χ4v) is 14.6. The second-order valence-electron chi connectivity index (χ2n) is 29.9. The summed E-state index contributed by atoms with van der Waals surface area (Å²) in [6.45, 7) is 5.05. The second-order valence-corrected chi connectivity index (χ2v) is 32.8. The maximum atomic E-state index is 13.1. The number of rotatable bonds is 84. The van der Waals surface area contributed by atoms with Crippen molar-refractivity contribution in [2.45, 2.75) is 470 Å². The Morgan fingerprint density at radius 3 is 0.578 bits per heavy atom. The van der Waals surface area contributed by atoms with E-state index in [2.05, 4.69) is 27.7 Å². The number of aliphatic hydroxyl groups excluding tert-OH is 1. The number of aliphatic hydroxyl groups is 1. The van der Waals surface area contributed by atoms with Gasteiger partial charge in [-0.15, -0.1) is 0 Å². The van der Waals surface area contributed by atoms with Gasteiger partial charge in [-0.1, -0.05) is 400 Å². The fraction of sp³-hybridized carbons (Fsp3) is 0.952. The van der Waals surface area contributed by atoms with Crippen LogP contribution in [0, 0.1) is 0 Å². The summed E-state index contributed by atoms with van der Waals surface area (Å²) in [5, 5.41) is 10.7. The van der Waals surface area contributed by atoms with Gasteiger partial charge in [0.25, 0.3) is 0 Å². The molecule has 3 N–H and O–H groups in total. The van der Waals surface area contributed by atoms with Gasteiger partial charge in [-0.25, -0.2) is 9.13 Å². The topological polar surface area (TPSA) is 237 Å². The molecule has 19 heteroatoms. The molecule has 0 heterocycles. The summed E-state index contributed by atoms with van der Waals surface area (Å²) < 4.78 is 68.8. The van der Waals surface area contributed by atoms with Crippen LogP contribution in [0.1, 0.15) is 451 Å². The Labute approximate surface area is 626 Å². The van der Waals surface area contributed by atoms with Crippen molar-refractivity contribution in [1.82, 2.24) is 0 Å². The van der Waals surface area contributed by atoms with E-state index in [9.17, 15) is 43.2 Å². The molecule has 0 rings (SSSR count). The molecule has 0 saturated heterocycles. The molecule has 0 spiro atoms. The van der Waals surface area contributed by atoms with Crippen LogP contribution in [-0.4, -0.2) is 96.7 Å². The van der Waals surface area contributed by atoms with E-state index in [-0.39, 0.29) is 25.7 Å². The van der Waals surface area contributed by atoms with Gasteiger partial charge in [0.15, 0.2) is 12.2 Å². The molecule has 0 saturated carbocycles. The van der Waals surface area contributed by atoms with Crippen molar-refractivity contribution in [2.75, 3.05) is 39.6 Å². The summed E-state index contributed by atoms with van der Waals surface area (Å²) in [5.41, 5.74) is 0. The summed E-state index contributed by atoms with van der Waals surface area (Å²) in [6, 6.07) is 0. The van der Waals surface area contributed by atoms with Gasteiger partial charge < -0.3 is 33.8 Å². The molecular weight excluding hydrogens is 1330 g/mol. The lowest BCUT2D eigenvalue weighted by Gasteiger charge is -2.21. The summed E-state index contributed by atoms with van der Waals surface area (Å²) in [4.78, 5) is 73.1. The number of esters is 4. The van der Waals surface area contributed by atoms with Gasteiger partial charge in [0.2, 0.25) is 0 Å². The lowest BCUT2D eigenvalue weighted by atomic mass is 10.0. The molecule has 0 amide bonds. The summed E-state index contributed by atoms with van der Waals surface area (Å²) in [7, 11) is -9.92. The molecule has 0 aromatic carbocycles. The average molecular weight is 1490 g/mol. The quantitative estimate of drug-likeness (QED) is 0.0222. The third kappa shape index (κ3) is 76.3. The lowest BCUT2D eigenvalue weighted by molar-refractivity contribution is -0.161. The van der Waals surface area contributed by atoms with E-state index in [1.54, 1.807) is 0 Å². The van der Waals surface area contributed by atoms with Gasteiger partial charge >= 0.3 is 39.5 Å². The summed E-state index contributed by atoms with van der Waals surface area (Å²) in [6.07, 6.45) is 70.6. The minimum absolute atomic E-state index is 0.109. The van der Waals surface area contributed by atoms with Gasteiger partial charge in [0.05, 0.1) is 26.4 Å². The lowest BCUT2D eigenvalue weighted by Crippen LogP contribution is -2.30. The normalized spacial score (nSPS) is 13.8. The van der Waals surface area contributed by atoms with Crippen molar-refractivity contribution in [3.63, 3.8) is 0 Å². The molecule has 0 radical (unpaired) electrons. The van der Waals surface area contributed by atoms with Crippen molar-refractivity contribution in [3.8, 4) is 0 Å². The van der Waals surface area contributed by atoms with Crippen molar-refractivity contribution in [2.24, 2.45) is 0 Å². The van der Waals surface area contributed by atoms with E-state index in [1.807, 2.05) is 0 Å². The highest BCUT2D eigenvalue weighted by Gasteiger charge is 2.30. The Hall–Kier alpha value is -1.94. The SMILES string of the molecule is CCCCCCCCCCCCCCCCCCCCCCC(=O)O[C@H](COC(=O)CCCCCCCCCCCCCCCCC)COP(=O)(O)OC[C@@H](O)COP(=O)(O)OC[C@@H](COC(=O)CCCCCCCCCCCCCC)OC(=O)CCCCCCCCCCCCCCCCC. The van der Waals surface area contributed by atoms with Gasteiger partial charge in [-0.05, 0) is 25.7 Å². The van der Waals surface area contributed by atoms with E-state index in [1.165, 1.54) is 283 Å². The summed E-state index contributed by atoms with van der Waals surface area (Å²) in [5.74, 6) is -2.10. The number of carbonyl (C=O) groups excluding carboxylic acids is 4. The average Bonchev–Trinajstić information content (AvgIpc) is 0.966. The molecule has 5 atom stereocenters. The Morgan fingerprint density at radius 1 is 0.235 bits per heavy atom. The van der Waals surface area contributed by atoms with Crippen molar-refractivity contribution in [1.29, 1.82) is 0 Å². The van der Waals surface area contributed by atoms with E-state index >= 15 is 0 Å². The predicted octanol–water partition coefficient (Wildman–Crippen LogP) is 25.4. The first-order valence-corrected chi connectivity index (χ1v) is 46.3. The number of carbonyl (C=O) groups is 4. The Morgan fingerprint density at radius 2 is 0.392 bits per heavy atom. The molecule has 0 aliphatic rings. The van der Waals surface area contributed by atoms with Crippen LogP contribution in [0.3, 0.4) is 0 Å². The molecule has 0 aromatic heterocycles. The number of phosphoric acid groups is 2. The number of ether oxygens (including phenoxy) is 4. The van der Waals surface area contributed by atoms with Gasteiger partial charge in [-0.2, -0.15) is 0 Å². The monoisotopic (exact) mass is 1490 g/mol. The third-order valence-electron chi connectivity index (χ3n) is 19.6. The van der Waals surface area contributed by atoms with Crippen molar-refractivity contribution < 1.29 is 80.2 Å². The Bertz CT molecular complexity index is 1930. The smallest absolute Gasteiger partial charge is 0.462 e. The van der Waals surface area contributed by atoms with Crippen LogP contribution >= 0.6 is 15.6 Å². The molecule has 2 unspecified atom stereocenters. The van der Waals surface area contributed by atoms with Crippen LogP contribution in [0.4, 0.5) is 0 Å². The van der Waals surface area contributed by atoms with E-state index in [4.69, 9.17) is 37.0 Å². The number of unbranched alkanes of at least 4 members (excludes halogenated alkanes) is 58. The molecule has 0 aromatic rings. The second kappa shape index (κ2) is 77.2. The molecule has 0 aliphatic carbocycles. The van der Waals surface area contributed by atoms with Crippen LogP contribution in [-0.2, 0) is 65.4 Å². The zero-order valence-electron chi connectivity index (χ0n) is 66.6. The predicted molar refractivity (Wildman–Crippen MR) is 419 cm³/mol. The van der Waals surface area contributed by atoms with Crippen LogP contribution < -0.4 is 0 Å². The number of hydrogen-bond acceptors (Lipinski definition) is 15. The number of hydrogen-bond donors (Lipinski definition) is 3. The van der Waals surface area contributed by atoms with E-state index in [0.717, 1.165) is 89.9 Å². The first-order chi connectivity index (χ1) is 49.7. The Balaban J connectivity index is 5.24. The molecule has 102 heavy (non-hydrogen) atoms. The van der Waals surface area contributed by atoms with E-state index < -0.39 is 97.5 Å². The largest absolute Gasteiger partial charge is 0.472 e. The first-order valence-electron chi connectivity index (χ1n) is 43.3. The van der Waals surface area contributed by atoms with Crippen molar-refractivity contribution >= 4 is 39.5 Å². The fourth-order valence-electron chi connectivity index (χ4n) is 13.0. The zero-order valence-corrected chi connectivity index (χ0v) is 68.4. The van der Waals surface area contributed by atoms with Crippen LogP contribution in [0.5, 0.6) is 0 Å². The van der Waals surface area contributed by atoms with Crippen LogP contribution in [0.2, 0.25) is 0 Å². The molecule has 606 valence electrons. The first kappa shape index (κ1) is 100. The van der Waals surface area contributed by atoms with Gasteiger partial charge in [-0.3, -0.25) is 37.3 Å². The molecular formula is C83H162O17P2. The zero-order chi connectivity index (χ0) is 74.6. The maximum absolute atomic E-state index is 13.1. The number of phosphoric ester groups is 2. The van der Waals surface area contributed by atoms with E-state index in [0.29, 0.717) is 25.7 Å². The van der Waals surface area contributed by atoms with Crippen LogP contribution in [0.15, 0.2) is 0 Å². The maximum Gasteiger partial charge on any atom is 0.472 e. The highest BCUT2D eigenvalue weighted by Crippen LogP contribution is 2.45. The molecule has 0 fully saturated rings. The summed E-state index contributed by atoms with van der Waals surface area (Å²) >= 11 is 0. The minimum Gasteiger partial charge on any atom is -0.462 e. The standard InChI is InChI=1S/C83H162O17P2/c1-5-9-13-17-21-25-29-33-36-37-38-39-40-43-46-50-54-58-62-66-70-83(88)100-79(74-94-81(86)68-64-60-56-52-48-44-41-34-30-26-22-18-14-10-6-2)76-98-102(91,92)96-72-77(84)71-95-101(89,90)97-75-78(73-93-80(85)67-63-59-55-51-47-32-28-24-20-16-12-8-4)99-82(87)69-65-61-57-53-49-45-42-35-31-27-23-19-15-11-7-3/h77-79,84H,5-76H2,1-4H3,(H,89,90)(H,91,92)/t77-,78+,79+/m0/s1. The highest BCUT2D eigenvalue weighted by atomic mass is 31.2. The minimum atomic E-state index is -4.96.